The van der Waals surface area contributed by atoms with E-state index in [0.717, 1.165) is 5.69 Å². The lowest BCUT2D eigenvalue weighted by molar-refractivity contribution is 0.000666. The zero-order valence-electron chi connectivity index (χ0n) is 6.58. The molecule has 72 valence electrons. The van der Waals surface area contributed by atoms with E-state index in [9.17, 15) is 13.2 Å². The third-order valence-electron chi connectivity index (χ3n) is 1.27. The van der Waals surface area contributed by atoms with Crippen LogP contribution in [0.5, 0.6) is 0 Å². The highest BCUT2D eigenvalue weighted by atomic mass is 19.3. The number of hydrogen-bond acceptors (Lipinski definition) is 2. The van der Waals surface area contributed by atoms with E-state index >= 15 is 0 Å². The van der Waals surface area contributed by atoms with E-state index in [0.29, 0.717) is 0 Å². The van der Waals surface area contributed by atoms with Crippen LogP contribution < -0.4 is 5.73 Å². The van der Waals surface area contributed by atoms with Gasteiger partial charge < -0.3 is 5.73 Å². The third kappa shape index (κ3) is 3.33. The fourth-order valence-electron chi connectivity index (χ4n) is 0.557. The largest absolute Gasteiger partial charge is 0.414 e. The molecule has 5 heteroatoms. The van der Waals surface area contributed by atoms with Crippen molar-refractivity contribution >= 4 is 5.69 Å². The quantitative estimate of drug-likeness (QED) is 0.504. The average molecular weight is 191 g/mol. The van der Waals surface area contributed by atoms with Gasteiger partial charge in [-0.2, -0.15) is 8.78 Å². The molecule has 1 fully saturated rings. The minimum Gasteiger partial charge on any atom is -0.399 e. The molecule has 1 aromatic carbocycles. The second-order valence-corrected chi connectivity index (χ2v) is 2.41. The molecule has 0 aliphatic carbocycles. The summed E-state index contributed by atoms with van der Waals surface area (Å²) in [7, 11) is 0. The van der Waals surface area contributed by atoms with Crippen molar-refractivity contribution < 1.29 is 17.9 Å². The van der Waals surface area contributed by atoms with Gasteiger partial charge in [-0.3, -0.25) is 4.74 Å². The maximum atomic E-state index is 10.9. The summed E-state index contributed by atoms with van der Waals surface area (Å²) in [5, 5.41) is 0. The molecule has 1 heterocycles. The molecule has 0 saturated carbocycles. The van der Waals surface area contributed by atoms with Gasteiger partial charge >= 0.3 is 6.11 Å². The minimum atomic E-state index is -3.46. The molecule has 0 radical (unpaired) electrons. The van der Waals surface area contributed by atoms with Crippen LogP contribution >= 0.6 is 0 Å². The van der Waals surface area contributed by atoms with Crippen LogP contribution in [-0.2, 0) is 4.74 Å². The average Bonchev–Trinajstić information content (AvgIpc) is 2.59. The first-order valence-electron chi connectivity index (χ1n) is 3.52. The van der Waals surface area contributed by atoms with Gasteiger partial charge in [0.2, 0.25) is 0 Å². The van der Waals surface area contributed by atoms with Crippen molar-refractivity contribution in [3.05, 3.63) is 30.3 Å². The Labute approximate surface area is 73.1 Å². The number of epoxide rings is 1. The summed E-state index contributed by atoms with van der Waals surface area (Å²) in [4.78, 5) is 0. The van der Waals surface area contributed by atoms with Gasteiger partial charge in [0.1, 0.15) is 0 Å². The number of nitrogen functional groups attached to an aromatic ring is 1. The number of halogens is 3. The number of anilines is 1. The van der Waals surface area contributed by atoms with E-state index in [-0.39, 0.29) is 0 Å². The molecule has 0 bridgehead atoms. The number of nitrogens with two attached hydrogens (primary N) is 1. The SMILES string of the molecule is FC1OC1(F)F.Nc1ccccc1. The summed E-state index contributed by atoms with van der Waals surface area (Å²) >= 11 is 0. The number of hydrogen-bond donors (Lipinski definition) is 1. The molecule has 2 nitrogen and oxygen atoms in total. The van der Waals surface area contributed by atoms with Crippen molar-refractivity contribution in [2.45, 2.75) is 12.5 Å². The van der Waals surface area contributed by atoms with Crippen LogP contribution in [0.2, 0.25) is 0 Å². The second kappa shape index (κ2) is 3.66. The molecular weight excluding hydrogens is 183 g/mol. The van der Waals surface area contributed by atoms with Gasteiger partial charge in [0.15, 0.2) is 0 Å². The van der Waals surface area contributed by atoms with Crippen LogP contribution in [0.4, 0.5) is 18.9 Å². The molecule has 13 heavy (non-hydrogen) atoms. The second-order valence-electron chi connectivity index (χ2n) is 2.41. The zero-order chi connectivity index (χ0) is 9.90. The number of benzene rings is 1. The maximum Gasteiger partial charge on any atom is 0.414 e. The lowest BCUT2D eigenvalue weighted by atomic mass is 10.3. The molecule has 1 saturated heterocycles. The van der Waals surface area contributed by atoms with Crippen molar-refractivity contribution in [2.75, 3.05) is 5.73 Å². The molecule has 1 unspecified atom stereocenters. The van der Waals surface area contributed by atoms with Gasteiger partial charge in [0, 0.05) is 5.69 Å². The summed E-state index contributed by atoms with van der Waals surface area (Å²) in [5.74, 6) is 0. The lowest BCUT2D eigenvalue weighted by Crippen LogP contribution is -1.90. The van der Waals surface area contributed by atoms with Gasteiger partial charge in [0.25, 0.3) is 6.36 Å². The highest BCUT2D eigenvalue weighted by Crippen LogP contribution is 2.39. The third-order valence-corrected chi connectivity index (χ3v) is 1.27. The molecule has 1 aliphatic heterocycles. The Morgan fingerprint density at radius 3 is 1.77 bits per heavy atom. The van der Waals surface area contributed by atoms with Gasteiger partial charge in [-0.05, 0) is 12.1 Å². The molecule has 0 aromatic heterocycles. The fourth-order valence-corrected chi connectivity index (χ4v) is 0.557. The first kappa shape index (κ1) is 9.85. The summed E-state index contributed by atoms with van der Waals surface area (Å²) in [6.45, 7) is 0. The normalized spacial score (nSPS) is 22.8. The van der Waals surface area contributed by atoms with Crippen molar-refractivity contribution in [1.29, 1.82) is 0 Å². The monoisotopic (exact) mass is 191 g/mol. The highest BCUT2D eigenvalue weighted by Gasteiger charge is 2.61. The number of rotatable bonds is 0. The lowest BCUT2D eigenvalue weighted by Gasteiger charge is -1.83. The Morgan fingerprint density at radius 2 is 1.62 bits per heavy atom. The van der Waals surface area contributed by atoms with Crippen LogP contribution in [-0.4, -0.2) is 12.5 Å². The van der Waals surface area contributed by atoms with Crippen molar-refractivity contribution in [3.8, 4) is 0 Å². The fraction of sp³-hybridized carbons (Fsp3) is 0.250. The summed E-state index contributed by atoms with van der Waals surface area (Å²) in [6.07, 6.45) is -5.79. The molecular formula is C8H8F3NO. The smallest absolute Gasteiger partial charge is 0.399 e. The standard InChI is InChI=1S/C6H7N.C2HF3O/c7-6-4-2-1-3-5-6;3-1-2(4,5)6-1/h1-5H,7H2;1H. The Kier molecular flexibility index (Phi) is 2.77. The van der Waals surface area contributed by atoms with Gasteiger partial charge in [-0.25, -0.2) is 4.39 Å². The van der Waals surface area contributed by atoms with Crippen LogP contribution in [0.3, 0.4) is 0 Å². The Hall–Kier alpha value is -1.23. The topological polar surface area (TPSA) is 38.5 Å². The predicted octanol–water partition coefficient (Wildman–Crippen LogP) is 2.17. The molecule has 0 amide bonds. The first-order chi connectivity index (χ1) is 6.02. The molecule has 2 rings (SSSR count). The van der Waals surface area contributed by atoms with Crippen LogP contribution in [0.25, 0.3) is 0 Å². The minimum absolute atomic E-state index is 0.822. The Morgan fingerprint density at radius 1 is 1.23 bits per heavy atom. The first-order valence-corrected chi connectivity index (χ1v) is 3.52. The summed E-state index contributed by atoms with van der Waals surface area (Å²) in [5.41, 5.74) is 6.18. The maximum absolute atomic E-state index is 10.9. The van der Waals surface area contributed by atoms with Crippen LogP contribution in [0.15, 0.2) is 30.3 Å². The molecule has 1 aliphatic rings. The van der Waals surface area contributed by atoms with Crippen LogP contribution in [0, 0.1) is 0 Å². The van der Waals surface area contributed by atoms with E-state index in [2.05, 4.69) is 4.74 Å². The van der Waals surface area contributed by atoms with Gasteiger partial charge in [-0.15, -0.1) is 0 Å². The molecule has 1 atom stereocenters. The van der Waals surface area contributed by atoms with Crippen molar-refractivity contribution in [2.24, 2.45) is 0 Å². The molecule has 0 spiro atoms. The van der Waals surface area contributed by atoms with Crippen LogP contribution in [0.1, 0.15) is 0 Å². The number of ether oxygens (including phenoxy) is 1. The van der Waals surface area contributed by atoms with E-state index in [4.69, 9.17) is 5.73 Å². The summed E-state index contributed by atoms with van der Waals surface area (Å²) in [6, 6.07) is 9.49. The Bertz CT molecular complexity index is 265. The van der Waals surface area contributed by atoms with E-state index < -0.39 is 12.5 Å². The number of para-hydroxylation sites is 1. The number of alkyl halides is 3. The van der Waals surface area contributed by atoms with Crippen molar-refractivity contribution in [3.63, 3.8) is 0 Å². The zero-order valence-corrected chi connectivity index (χ0v) is 6.58. The predicted molar refractivity (Wildman–Crippen MR) is 41.8 cm³/mol. The molecule has 2 N–H and O–H groups in total. The summed E-state index contributed by atoms with van der Waals surface area (Å²) < 4.78 is 35.9. The Balaban J connectivity index is 0.000000132. The molecule has 1 aromatic rings. The van der Waals surface area contributed by atoms with E-state index in [1.165, 1.54) is 0 Å². The van der Waals surface area contributed by atoms with Crippen molar-refractivity contribution in [1.82, 2.24) is 0 Å². The van der Waals surface area contributed by atoms with E-state index in [1.54, 1.807) is 0 Å². The van der Waals surface area contributed by atoms with E-state index in [1.807, 2.05) is 30.3 Å². The van der Waals surface area contributed by atoms with Gasteiger partial charge in [-0.1, -0.05) is 18.2 Å². The highest BCUT2D eigenvalue weighted by molar-refractivity contribution is 5.35. The van der Waals surface area contributed by atoms with Gasteiger partial charge in [0.05, 0.1) is 0 Å².